The van der Waals surface area contributed by atoms with Gasteiger partial charge in [-0.2, -0.15) is 0 Å². The molecule has 0 aliphatic heterocycles. The van der Waals surface area contributed by atoms with Crippen molar-refractivity contribution in [3.8, 4) is 0 Å². The van der Waals surface area contributed by atoms with E-state index in [9.17, 15) is 19.2 Å². The van der Waals surface area contributed by atoms with Gasteiger partial charge in [-0.3, -0.25) is 19.2 Å². The molecule has 0 aliphatic rings. The van der Waals surface area contributed by atoms with Gasteiger partial charge >= 0.3 is 23.9 Å². The summed E-state index contributed by atoms with van der Waals surface area (Å²) in [6.45, 7) is 12.7. The van der Waals surface area contributed by atoms with Gasteiger partial charge < -0.3 is 18.9 Å². The first-order chi connectivity index (χ1) is 24.2. The van der Waals surface area contributed by atoms with Gasteiger partial charge in [0.15, 0.2) is 0 Å². The van der Waals surface area contributed by atoms with Crippen molar-refractivity contribution in [2.24, 2.45) is 0 Å². The second kappa shape index (κ2) is 39.7. The molecule has 8 nitrogen and oxygen atoms in total. The monoisotopic (exact) mass is 713 g/mol. The molecule has 50 heavy (non-hydrogen) atoms. The minimum Gasteiger partial charge on any atom is -0.462 e. The van der Waals surface area contributed by atoms with E-state index in [1.54, 1.807) is 13.8 Å². The number of carbonyl (C=O) groups is 4. The number of hydrogen-bond donors (Lipinski definition) is 0. The zero-order chi connectivity index (χ0) is 37.5. The van der Waals surface area contributed by atoms with Crippen LogP contribution >= 0.6 is 0 Å². The Labute approximate surface area is 308 Å². The number of unbranched alkanes of at least 4 members (excludes halogenated alkanes) is 20. The van der Waals surface area contributed by atoms with E-state index in [0.717, 1.165) is 51.4 Å². The molecule has 0 aliphatic carbocycles. The van der Waals surface area contributed by atoms with Crippen LogP contribution in [-0.2, 0) is 38.1 Å². The predicted octanol–water partition coefficient (Wildman–Crippen LogP) is 11.9. The van der Waals surface area contributed by atoms with Crippen LogP contribution < -0.4 is 0 Å². The molecule has 0 bridgehead atoms. The zero-order valence-electron chi connectivity index (χ0n) is 33.6. The smallest absolute Gasteiger partial charge is 0.306 e. The van der Waals surface area contributed by atoms with E-state index < -0.39 is 0 Å². The summed E-state index contributed by atoms with van der Waals surface area (Å²) < 4.78 is 20.9. The van der Waals surface area contributed by atoms with Crippen LogP contribution in [0.5, 0.6) is 0 Å². The van der Waals surface area contributed by atoms with E-state index in [1.165, 1.54) is 103 Å². The van der Waals surface area contributed by atoms with Crippen LogP contribution in [0.1, 0.15) is 221 Å². The summed E-state index contributed by atoms with van der Waals surface area (Å²) in [5.74, 6) is -0.742. The number of ether oxygens (including phenoxy) is 4. The zero-order valence-corrected chi connectivity index (χ0v) is 33.6. The fraction of sp³-hybridized carbons (Fsp3) is 0.905. The lowest BCUT2D eigenvalue weighted by atomic mass is 10.1. The van der Waals surface area contributed by atoms with E-state index >= 15 is 0 Å². The lowest BCUT2D eigenvalue weighted by Crippen LogP contribution is -2.22. The molecule has 0 saturated heterocycles. The normalized spacial score (nSPS) is 12.0. The first kappa shape index (κ1) is 50.0. The van der Waals surface area contributed by atoms with Gasteiger partial charge in [-0.05, 0) is 39.5 Å². The van der Waals surface area contributed by atoms with Gasteiger partial charge in [0.05, 0.1) is 0 Å². The van der Waals surface area contributed by atoms with Crippen molar-refractivity contribution < 1.29 is 38.1 Å². The van der Waals surface area contributed by atoms with Crippen molar-refractivity contribution in [2.45, 2.75) is 234 Å². The van der Waals surface area contributed by atoms with E-state index in [-0.39, 0.29) is 49.3 Å². The molecular weight excluding hydrogens is 632 g/mol. The quantitative estimate of drug-likeness (QED) is 0.0369. The van der Waals surface area contributed by atoms with Crippen LogP contribution in [-0.4, -0.2) is 49.3 Å². The highest BCUT2D eigenvalue weighted by Gasteiger charge is 2.13. The summed E-state index contributed by atoms with van der Waals surface area (Å²) in [5.41, 5.74) is 0. The Morgan fingerprint density at radius 2 is 0.560 bits per heavy atom. The molecule has 2 atom stereocenters. The fourth-order valence-corrected chi connectivity index (χ4v) is 5.40. The highest BCUT2D eigenvalue weighted by atomic mass is 16.6. The summed E-state index contributed by atoms with van der Waals surface area (Å²) in [7, 11) is 0. The third-order valence-electron chi connectivity index (χ3n) is 8.56. The Balaban J connectivity index is 0. The first-order valence-corrected chi connectivity index (χ1v) is 20.9. The maximum atomic E-state index is 11.7. The Morgan fingerprint density at radius 1 is 0.340 bits per heavy atom. The summed E-state index contributed by atoms with van der Waals surface area (Å²) in [4.78, 5) is 46.8. The summed E-state index contributed by atoms with van der Waals surface area (Å²) >= 11 is 0. The van der Waals surface area contributed by atoms with Gasteiger partial charge in [0, 0.05) is 25.7 Å². The second-order valence-corrected chi connectivity index (χ2v) is 14.0. The molecule has 0 aromatic rings. The van der Waals surface area contributed by atoms with Gasteiger partial charge in [0.2, 0.25) is 0 Å². The maximum Gasteiger partial charge on any atom is 0.306 e. The molecule has 0 saturated carbocycles. The molecule has 0 radical (unpaired) electrons. The lowest BCUT2D eigenvalue weighted by molar-refractivity contribution is -0.158. The largest absolute Gasteiger partial charge is 0.462 e. The second-order valence-electron chi connectivity index (χ2n) is 14.0. The molecule has 0 spiro atoms. The van der Waals surface area contributed by atoms with Gasteiger partial charge in [-0.25, -0.2) is 0 Å². The third-order valence-corrected chi connectivity index (χ3v) is 8.56. The Morgan fingerprint density at radius 3 is 0.820 bits per heavy atom. The van der Waals surface area contributed by atoms with Gasteiger partial charge in [-0.1, -0.05) is 156 Å². The van der Waals surface area contributed by atoms with E-state index in [1.807, 2.05) is 0 Å². The van der Waals surface area contributed by atoms with E-state index in [4.69, 9.17) is 18.9 Å². The minimum absolute atomic E-state index is 0.164. The topological polar surface area (TPSA) is 105 Å². The maximum absolute atomic E-state index is 11.7. The van der Waals surface area contributed by atoms with Crippen LogP contribution in [0.15, 0.2) is 0 Å². The number of carbonyl (C=O) groups excluding carboxylic acids is 4. The van der Waals surface area contributed by atoms with E-state index in [0.29, 0.717) is 25.7 Å². The Kier molecular flexibility index (Phi) is 39.7. The van der Waals surface area contributed by atoms with Gasteiger partial charge in [0.1, 0.15) is 25.4 Å². The van der Waals surface area contributed by atoms with Crippen LogP contribution in [0.4, 0.5) is 0 Å². The lowest BCUT2D eigenvalue weighted by Gasteiger charge is -2.13. The summed E-state index contributed by atoms with van der Waals surface area (Å²) in [5, 5.41) is 0. The van der Waals surface area contributed by atoms with Crippen molar-refractivity contribution in [3.05, 3.63) is 0 Å². The summed E-state index contributed by atoms with van der Waals surface area (Å²) in [6, 6.07) is 0. The molecule has 0 aromatic heterocycles. The fourth-order valence-electron chi connectivity index (χ4n) is 5.40. The third kappa shape index (κ3) is 40.3. The van der Waals surface area contributed by atoms with Crippen molar-refractivity contribution in [1.82, 2.24) is 0 Å². The Hall–Kier alpha value is -2.12. The van der Waals surface area contributed by atoms with Gasteiger partial charge in [-0.15, -0.1) is 0 Å². The average molecular weight is 713 g/mol. The average Bonchev–Trinajstić information content (AvgIpc) is 3.09. The molecule has 0 N–H and O–H groups in total. The van der Waals surface area contributed by atoms with Crippen molar-refractivity contribution in [3.63, 3.8) is 0 Å². The van der Waals surface area contributed by atoms with Crippen LogP contribution in [0.2, 0.25) is 0 Å². The van der Waals surface area contributed by atoms with Crippen LogP contribution in [0.25, 0.3) is 0 Å². The molecular formula is C42H80O8. The standard InChI is InChI=1S/2C21H40O4/c2*1-4-6-8-10-12-14-16-20(22)24-18-19(3)25-21(23)17-15-13-11-9-7-5-2/h2*19H,4-18H2,1-3H3. The molecule has 0 fully saturated rings. The summed E-state index contributed by atoms with van der Waals surface area (Å²) in [6.07, 6.45) is 28.7. The van der Waals surface area contributed by atoms with Crippen LogP contribution in [0.3, 0.4) is 0 Å². The van der Waals surface area contributed by atoms with Crippen molar-refractivity contribution in [1.29, 1.82) is 0 Å². The highest BCUT2D eigenvalue weighted by Crippen LogP contribution is 2.12. The first-order valence-electron chi connectivity index (χ1n) is 20.9. The molecule has 8 heteroatoms. The van der Waals surface area contributed by atoms with E-state index in [2.05, 4.69) is 27.7 Å². The van der Waals surface area contributed by atoms with Crippen molar-refractivity contribution in [2.75, 3.05) is 13.2 Å². The SMILES string of the molecule is CCCCCCCCC(=O)OCC(C)OC(=O)CCCCCCCC.CCCCCCCCC(=O)OCC(C)OC(=O)CCCCCCCC. The predicted molar refractivity (Wildman–Crippen MR) is 205 cm³/mol. The molecule has 0 amide bonds. The highest BCUT2D eigenvalue weighted by molar-refractivity contribution is 5.71. The molecule has 0 heterocycles. The molecule has 0 aromatic carbocycles. The van der Waals surface area contributed by atoms with Crippen molar-refractivity contribution >= 4 is 23.9 Å². The number of rotatable bonds is 34. The van der Waals surface area contributed by atoms with Crippen LogP contribution in [0, 0.1) is 0 Å². The number of esters is 4. The Bertz CT molecular complexity index is 720. The minimum atomic E-state index is -0.360. The molecule has 0 rings (SSSR count). The molecule has 296 valence electrons. The van der Waals surface area contributed by atoms with Gasteiger partial charge in [0.25, 0.3) is 0 Å². The number of hydrogen-bond acceptors (Lipinski definition) is 8. The molecule has 2 unspecified atom stereocenters.